The second-order valence-electron chi connectivity index (χ2n) is 6.05. The van der Waals surface area contributed by atoms with Crippen molar-refractivity contribution >= 4 is 62.7 Å². The van der Waals surface area contributed by atoms with Crippen LogP contribution in [-0.2, 0) is 0 Å². The van der Waals surface area contributed by atoms with Crippen molar-refractivity contribution in [2.75, 3.05) is 10.6 Å². The molecule has 0 saturated carbocycles. The number of hydrogen-bond acceptors (Lipinski definition) is 6. The smallest absolute Gasteiger partial charge is 0.334 e. The molecule has 1 heterocycles. The van der Waals surface area contributed by atoms with Crippen molar-refractivity contribution in [3.8, 4) is 0 Å². The van der Waals surface area contributed by atoms with E-state index in [1.54, 1.807) is 18.2 Å². The Hall–Kier alpha value is -3.42. The van der Waals surface area contributed by atoms with Crippen molar-refractivity contribution in [2.24, 2.45) is 0 Å². The molecule has 0 radical (unpaired) electrons. The van der Waals surface area contributed by atoms with Crippen molar-refractivity contribution in [2.45, 2.75) is 0 Å². The van der Waals surface area contributed by atoms with E-state index < -0.39 is 4.92 Å². The summed E-state index contributed by atoms with van der Waals surface area (Å²) < 4.78 is 0. The van der Waals surface area contributed by atoms with Crippen molar-refractivity contribution in [1.82, 2.24) is 9.97 Å². The van der Waals surface area contributed by atoms with E-state index in [1.165, 1.54) is 6.33 Å². The highest BCUT2D eigenvalue weighted by Crippen LogP contribution is 2.37. The molecule has 7 nitrogen and oxygen atoms in total. The molecule has 0 fully saturated rings. The molecule has 2 N–H and O–H groups in total. The monoisotopic (exact) mass is 425 g/mol. The number of fused-ring (bicyclic) bond motifs is 1. The molecule has 0 aliphatic carbocycles. The van der Waals surface area contributed by atoms with Crippen LogP contribution in [0.15, 0.2) is 67.0 Å². The molecule has 29 heavy (non-hydrogen) atoms. The van der Waals surface area contributed by atoms with Crippen molar-refractivity contribution in [1.29, 1.82) is 0 Å². The lowest BCUT2D eigenvalue weighted by atomic mass is 10.1. The van der Waals surface area contributed by atoms with Gasteiger partial charge in [0.2, 0.25) is 11.6 Å². The topological polar surface area (TPSA) is 93.0 Å². The molecule has 4 aromatic rings. The quantitative estimate of drug-likeness (QED) is 0.286. The normalized spacial score (nSPS) is 10.7. The van der Waals surface area contributed by atoms with Gasteiger partial charge in [0.1, 0.15) is 6.33 Å². The summed E-state index contributed by atoms with van der Waals surface area (Å²) in [5.41, 5.74) is 0.783. The van der Waals surface area contributed by atoms with Crippen LogP contribution >= 0.6 is 23.2 Å². The zero-order valence-corrected chi connectivity index (χ0v) is 16.3. The highest BCUT2D eigenvalue weighted by molar-refractivity contribution is 6.43. The Balaban J connectivity index is 1.77. The summed E-state index contributed by atoms with van der Waals surface area (Å²) >= 11 is 12.2. The molecule has 0 aliphatic rings. The first-order valence-corrected chi connectivity index (χ1v) is 9.25. The highest BCUT2D eigenvalue weighted by atomic mass is 35.5. The summed E-state index contributed by atoms with van der Waals surface area (Å²) in [4.78, 5) is 19.4. The summed E-state index contributed by atoms with van der Waals surface area (Å²) in [6, 6.07) is 18.3. The van der Waals surface area contributed by atoms with E-state index in [4.69, 9.17) is 23.2 Å². The Labute approximate surface area is 175 Å². The lowest BCUT2D eigenvalue weighted by Gasteiger charge is -2.12. The number of halogens is 2. The third-order valence-electron chi connectivity index (χ3n) is 4.25. The van der Waals surface area contributed by atoms with E-state index in [1.807, 2.05) is 42.5 Å². The second-order valence-corrected chi connectivity index (χ2v) is 6.84. The lowest BCUT2D eigenvalue weighted by molar-refractivity contribution is -0.383. The summed E-state index contributed by atoms with van der Waals surface area (Å²) in [5, 5.41) is 20.2. The van der Waals surface area contributed by atoms with Crippen LogP contribution in [0.5, 0.6) is 0 Å². The number of rotatable bonds is 5. The van der Waals surface area contributed by atoms with Crippen LogP contribution in [0.3, 0.4) is 0 Å². The molecule has 0 aliphatic heterocycles. The number of nitrogens with zero attached hydrogens (tertiary/aromatic N) is 3. The molecule has 0 bridgehead atoms. The average molecular weight is 426 g/mol. The summed E-state index contributed by atoms with van der Waals surface area (Å²) in [7, 11) is 0. The molecule has 0 saturated heterocycles. The van der Waals surface area contributed by atoms with Gasteiger partial charge < -0.3 is 10.6 Å². The van der Waals surface area contributed by atoms with Crippen LogP contribution in [0.1, 0.15) is 0 Å². The number of aromatic nitrogens is 2. The third kappa shape index (κ3) is 3.78. The van der Waals surface area contributed by atoms with Gasteiger partial charge in [-0.1, -0.05) is 65.7 Å². The Bertz CT molecular complexity index is 1230. The van der Waals surface area contributed by atoms with Crippen molar-refractivity contribution in [3.63, 3.8) is 0 Å². The van der Waals surface area contributed by atoms with Gasteiger partial charge in [0.05, 0.1) is 20.7 Å². The van der Waals surface area contributed by atoms with Gasteiger partial charge in [-0.15, -0.1) is 0 Å². The van der Waals surface area contributed by atoms with E-state index >= 15 is 0 Å². The van der Waals surface area contributed by atoms with Crippen LogP contribution < -0.4 is 10.6 Å². The van der Waals surface area contributed by atoms with Gasteiger partial charge in [0, 0.05) is 11.1 Å². The van der Waals surface area contributed by atoms with Gasteiger partial charge in [-0.3, -0.25) is 10.1 Å². The first-order chi connectivity index (χ1) is 14.0. The van der Waals surface area contributed by atoms with Crippen LogP contribution in [0.25, 0.3) is 10.8 Å². The van der Waals surface area contributed by atoms with E-state index in [9.17, 15) is 10.1 Å². The Kier molecular flexibility index (Phi) is 5.16. The van der Waals surface area contributed by atoms with E-state index in [0.29, 0.717) is 16.4 Å². The maximum absolute atomic E-state index is 11.8. The average Bonchev–Trinajstić information content (AvgIpc) is 2.72. The fourth-order valence-corrected chi connectivity index (χ4v) is 3.27. The zero-order valence-electron chi connectivity index (χ0n) is 14.8. The second kappa shape index (κ2) is 7.90. The summed E-state index contributed by atoms with van der Waals surface area (Å²) in [6.07, 6.45) is 1.24. The lowest BCUT2D eigenvalue weighted by Crippen LogP contribution is -2.06. The molecule has 0 amide bonds. The molecular formula is C20H13Cl2N5O2. The van der Waals surface area contributed by atoms with Crippen LogP contribution in [0.2, 0.25) is 10.0 Å². The maximum Gasteiger partial charge on any atom is 0.353 e. The number of nitro groups is 1. The van der Waals surface area contributed by atoms with Crippen LogP contribution in [0, 0.1) is 10.1 Å². The fraction of sp³-hybridized carbons (Fsp3) is 0. The Morgan fingerprint density at radius 3 is 2.21 bits per heavy atom. The molecule has 4 rings (SSSR count). The van der Waals surface area contributed by atoms with Gasteiger partial charge in [0.25, 0.3) is 0 Å². The predicted molar refractivity (Wildman–Crippen MR) is 116 cm³/mol. The SMILES string of the molecule is O=[N+]([O-])c1c(Nc2cccc(Cl)c2Cl)ncnc1Nc1cccc2ccccc12. The molecule has 0 atom stereocenters. The summed E-state index contributed by atoms with van der Waals surface area (Å²) in [5.74, 6) is 0.0545. The minimum Gasteiger partial charge on any atom is -0.334 e. The number of anilines is 4. The molecule has 1 aromatic heterocycles. The molecule has 0 unspecified atom stereocenters. The van der Waals surface area contributed by atoms with Gasteiger partial charge in [-0.25, -0.2) is 9.97 Å². The van der Waals surface area contributed by atoms with Gasteiger partial charge in [0.15, 0.2) is 0 Å². The van der Waals surface area contributed by atoms with Gasteiger partial charge in [-0.2, -0.15) is 0 Å². The molecule has 3 aromatic carbocycles. The van der Waals surface area contributed by atoms with E-state index in [0.717, 1.165) is 10.8 Å². The van der Waals surface area contributed by atoms with Crippen LogP contribution in [-0.4, -0.2) is 14.9 Å². The largest absolute Gasteiger partial charge is 0.353 e. The third-order valence-corrected chi connectivity index (χ3v) is 5.07. The first kappa shape index (κ1) is 18.9. The zero-order chi connectivity index (χ0) is 20.4. The highest BCUT2D eigenvalue weighted by Gasteiger charge is 2.24. The molecule has 144 valence electrons. The molecular weight excluding hydrogens is 413 g/mol. The number of nitrogens with one attached hydrogen (secondary N) is 2. The molecule has 9 heteroatoms. The number of hydrogen-bond donors (Lipinski definition) is 2. The van der Waals surface area contributed by atoms with Crippen molar-refractivity contribution in [3.05, 3.63) is 87.2 Å². The van der Waals surface area contributed by atoms with Crippen LogP contribution in [0.4, 0.5) is 28.7 Å². The standard InChI is InChI=1S/C20H13Cl2N5O2/c21-14-8-4-10-16(17(14)22)26-20-18(27(28)29)19(23-11-24-20)25-15-9-3-6-12-5-1-2-7-13(12)15/h1-11H,(H2,23,24,25,26). The number of benzene rings is 3. The first-order valence-electron chi connectivity index (χ1n) is 8.50. The Morgan fingerprint density at radius 1 is 0.828 bits per heavy atom. The Morgan fingerprint density at radius 2 is 1.45 bits per heavy atom. The van der Waals surface area contributed by atoms with Gasteiger partial charge in [-0.05, 0) is 23.6 Å². The van der Waals surface area contributed by atoms with E-state index in [2.05, 4.69) is 20.6 Å². The maximum atomic E-state index is 11.8. The fourth-order valence-electron chi connectivity index (χ4n) is 2.92. The van der Waals surface area contributed by atoms with Gasteiger partial charge >= 0.3 is 5.69 Å². The van der Waals surface area contributed by atoms with Crippen molar-refractivity contribution < 1.29 is 4.92 Å². The van der Waals surface area contributed by atoms with E-state index in [-0.39, 0.29) is 22.3 Å². The molecule has 0 spiro atoms. The minimum atomic E-state index is -0.547. The minimum absolute atomic E-state index is 0.00287. The predicted octanol–water partition coefficient (Wildman–Crippen LogP) is 6.33. The summed E-state index contributed by atoms with van der Waals surface area (Å²) in [6.45, 7) is 0.